The molecule has 14 rings (SSSR count). The minimum atomic E-state index is -4.72. The lowest BCUT2D eigenvalue weighted by molar-refractivity contribution is -0.137. The highest BCUT2D eigenvalue weighted by molar-refractivity contribution is 6.19. The van der Waals surface area contributed by atoms with Gasteiger partial charge in [0.15, 0.2) is 17.5 Å². The standard InChI is InChI=1S/C84H66F3N5/c1-10-17-75(91-76-28-22-60(64-36-50(2)32-51(3)37-64)44-70(76)71-45-61(23-29-77(71)91)65-38-52(4)33-53(5)39-65)74(49-81-88-82(58-18-13-11-14-19-58)90-83(89-81)59-20-15-12-16-21-59)69-27-26-68(84(85,86)87)48-80(69)92-78-30-24-62(66-40-54(6)34-55(7)41-66)46-72(78)73-47-63(25-31-79(73)92)67-42-56(8)35-57(9)43-67/h10-49H,1H2,2-9H3/b74-49-,75-17+. The predicted octanol–water partition coefficient (Wildman–Crippen LogP) is 22.8. The zero-order valence-electron chi connectivity index (χ0n) is 52.7. The van der Waals surface area contributed by atoms with Gasteiger partial charge in [-0.2, -0.15) is 13.2 Å². The molecule has 3 heterocycles. The summed E-state index contributed by atoms with van der Waals surface area (Å²) >= 11 is 0. The van der Waals surface area contributed by atoms with E-state index in [1.165, 1.54) is 12.1 Å². The van der Waals surface area contributed by atoms with E-state index in [2.05, 4.69) is 212 Å². The van der Waals surface area contributed by atoms with Crippen molar-refractivity contribution in [1.82, 2.24) is 24.1 Å². The van der Waals surface area contributed by atoms with E-state index in [4.69, 9.17) is 15.0 Å². The SMILES string of the molecule is C=C/C=C(\C(=C/c1nc(-c2ccccc2)nc(-c2ccccc2)n1)c1ccc(C(F)(F)F)cc1-n1c2ccc(-c3cc(C)cc(C)c3)cc2c2cc(-c3cc(C)cc(C)c3)ccc21)n1c2ccc(-c3cc(C)cc(C)c3)cc2c2cc(-c3cc(C)cc(C)c3)ccc21. The van der Waals surface area contributed by atoms with Crippen LogP contribution >= 0.6 is 0 Å². The van der Waals surface area contributed by atoms with Gasteiger partial charge < -0.3 is 9.13 Å². The molecule has 11 aromatic carbocycles. The number of fused-ring (bicyclic) bond motifs is 6. The maximum absolute atomic E-state index is 15.9. The Labute approximate surface area is 534 Å². The Balaban J connectivity index is 1.11. The van der Waals surface area contributed by atoms with E-state index in [0.29, 0.717) is 40.0 Å². The summed E-state index contributed by atoms with van der Waals surface area (Å²) in [7, 11) is 0. The van der Waals surface area contributed by atoms with Gasteiger partial charge in [-0.25, -0.2) is 15.0 Å². The van der Waals surface area contributed by atoms with Crippen LogP contribution in [0.25, 0.3) is 134 Å². The Morgan fingerprint density at radius 2 is 0.728 bits per heavy atom. The molecule has 92 heavy (non-hydrogen) atoms. The molecule has 0 radical (unpaired) electrons. The molecule has 0 unspecified atom stereocenters. The summed E-state index contributed by atoms with van der Waals surface area (Å²) in [5, 5.41) is 3.75. The van der Waals surface area contributed by atoms with Crippen molar-refractivity contribution in [3.05, 3.63) is 305 Å². The number of aromatic nitrogens is 5. The maximum Gasteiger partial charge on any atom is 0.416 e. The number of allylic oxidation sites excluding steroid dienone is 4. The van der Waals surface area contributed by atoms with Crippen molar-refractivity contribution in [3.63, 3.8) is 0 Å². The van der Waals surface area contributed by atoms with Crippen molar-refractivity contribution >= 4 is 61.0 Å². The molecule has 8 heteroatoms. The molecule has 0 N–H and O–H groups in total. The molecule has 0 fully saturated rings. The van der Waals surface area contributed by atoms with E-state index in [0.717, 1.165) is 144 Å². The monoisotopic (exact) mass is 1200 g/mol. The van der Waals surface area contributed by atoms with E-state index in [1.54, 1.807) is 12.1 Å². The minimum absolute atomic E-state index is 0.293. The average molecular weight is 1200 g/mol. The number of aryl methyl sites for hydroxylation is 8. The molecule has 0 amide bonds. The second-order valence-corrected chi connectivity index (χ2v) is 24.8. The lowest BCUT2D eigenvalue weighted by atomic mass is 9.96. The van der Waals surface area contributed by atoms with Gasteiger partial charge >= 0.3 is 6.18 Å². The van der Waals surface area contributed by atoms with Gasteiger partial charge in [-0.1, -0.05) is 221 Å². The first-order valence-corrected chi connectivity index (χ1v) is 31.0. The average Bonchev–Trinajstić information content (AvgIpc) is 1.56. The van der Waals surface area contributed by atoms with E-state index in [1.807, 2.05) is 77.4 Å². The van der Waals surface area contributed by atoms with Crippen LogP contribution in [-0.4, -0.2) is 24.1 Å². The zero-order chi connectivity index (χ0) is 63.7. The van der Waals surface area contributed by atoms with Gasteiger partial charge in [0.05, 0.1) is 39.0 Å². The summed E-state index contributed by atoms with van der Waals surface area (Å²) in [5.41, 5.74) is 23.4. The predicted molar refractivity (Wildman–Crippen MR) is 378 cm³/mol. The summed E-state index contributed by atoms with van der Waals surface area (Å²) in [4.78, 5) is 15.6. The Morgan fingerprint density at radius 1 is 0.370 bits per heavy atom. The molecule has 0 spiro atoms. The summed E-state index contributed by atoms with van der Waals surface area (Å²) in [6.45, 7) is 21.3. The van der Waals surface area contributed by atoms with Crippen LogP contribution in [-0.2, 0) is 6.18 Å². The first-order chi connectivity index (χ1) is 44.4. The van der Waals surface area contributed by atoms with Gasteiger partial charge in [-0.3, -0.25) is 0 Å². The topological polar surface area (TPSA) is 48.5 Å². The van der Waals surface area contributed by atoms with Crippen LogP contribution in [0.2, 0.25) is 0 Å². The van der Waals surface area contributed by atoms with Crippen LogP contribution in [0.4, 0.5) is 13.2 Å². The van der Waals surface area contributed by atoms with E-state index in [-0.39, 0.29) is 0 Å². The molecule has 0 aliphatic rings. The molecule has 0 bridgehead atoms. The minimum Gasteiger partial charge on any atom is -0.309 e. The van der Waals surface area contributed by atoms with Gasteiger partial charge in [0.2, 0.25) is 0 Å². The highest BCUT2D eigenvalue weighted by atomic mass is 19.4. The number of benzene rings is 11. The smallest absolute Gasteiger partial charge is 0.309 e. The highest BCUT2D eigenvalue weighted by Gasteiger charge is 2.33. The third-order valence-electron chi connectivity index (χ3n) is 17.4. The lowest BCUT2D eigenvalue weighted by Crippen LogP contribution is -2.10. The Kier molecular flexibility index (Phi) is 15.0. The third kappa shape index (κ3) is 11.2. The summed E-state index contributed by atoms with van der Waals surface area (Å²) in [6.07, 6.45) is 0.897. The fraction of sp³-hybridized carbons (Fsp3) is 0.107. The quantitative estimate of drug-likeness (QED) is 0.115. The van der Waals surface area contributed by atoms with Crippen LogP contribution in [0.15, 0.2) is 243 Å². The molecule has 0 aliphatic carbocycles. The van der Waals surface area contributed by atoms with Gasteiger partial charge in [-0.05, 0) is 173 Å². The molecule has 3 aromatic heterocycles. The molecule has 0 aliphatic heterocycles. The van der Waals surface area contributed by atoms with Crippen molar-refractivity contribution in [2.24, 2.45) is 0 Å². The van der Waals surface area contributed by atoms with Crippen LogP contribution < -0.4 is 0 Å². The number of halogens is 3. The Hall–Kier alpha value is -11.0. The first kappa shape index (κ1) is 58.7. The van der Waals surface area contributed by atoms with Crippen molar-refractivity contribution in [3.8, 4) is 73.0 Å². The lowest BCUT2D eigenvalue weighted by Gasteiger charge is -2.22. The van der Waals surface area contributed by atoms with Gasteiger partial charge in [0.25, 0.3) is 0 Å². The largest absolute Gasteiger partial charge is 0.416 e. The van der Waals surface area contributed by atoms with Gasteiger partial charge in [0, 0.05) is 43.8 Å². The van der Waals surface area contributed by atoms with Crippen LogP contribution in [0, 0.1) is 55.4 Å². The Bertz CT molecular complexity index is 5010. The summed E-state index contributed by atoms with van der Waals surface area (Å²) in [5.74, 6) is 1.16. The zero-order valence-corrected chi connectivity index (χ0v) is 52.7. The van der Waals surface area contributed by atoms with Gasteiger partial charge in [-0.15, -0.1) is 0 Å². The van der Waals surface area contributed by atoms with E-state index >= 15 is 13.2 Å². The second-order valence-electron chi connectivity index (χ2n) is 24.8. The molecule has 0 saturated carbocycles. The summed E-state index contributed by atoms with van der Waals surface area (Å²) in [6, 6.07) is 75.8. The van der Waals surface area contributed by atoms with Crippen LogP contribution in [0.3, 0.4) is 0 Å². The molecule has 448 valence electrons. The maximum atomic E-state index is 15.9. The Morgan fingerprint density at radius 3 is 1.09 bits per heavy atom. The normalized spacial score (nSPS) is 12.2. The number of hydrogen-bond donors (Lipinski definition) is 0. The molecular weight excluding hydrogens is 1140 g/mol. The number of rotatable bonds is 12. The number of nitrogens with zero attached hydrogens (tertiary/aromatic N) is 5. The molecule has 5 nitrogen and oxygen atoms in total. The first-order valence-electron chi connectivity index (χ1n) is 31.0. The summed E-state index contributed by atoms with van der Waals surface area (Å²) < 4.78 is 52.0. The van der Waals surface area contributed by atoms with Crippen molar-refractivity contribution in [2.45, 2.75) is 61.6 Å². The fourth-order valence-corrected chi connectivity index (χ4v) is 13.7. The second kappa shape index (κ2) is 23.4. The highest BCUT2D eigenvalue weighted by Crippen LogP contribution is 2.46. The van der Waals surface area contributed by atoms with Crippen molar-refractivity contribution < 1.29 is 13.2 Å². The van der Waals surface area contributed by atoms with E-state index in [9.17, 15) is 0 Å². The number of hydrogen-bond acceptors (Lipinski definition) is 3. The molecule has 14 aromatic rings. The van der Waals surface area contributed by atoms with Gasteiger partial charge in [0.1, 0.15) is 0 Å². The van der Waals surface area contributed by atoms with E-state index < -0.39 is 11.7 Å². The number of alkyl halides is 3. The third-order valence-corrected chi connectivity index (χ3v) is 17.4. The fourth-order valence-electron chi connectivity index (χ4n) is 13.7. The molecule has 0 atom stereocenters. The molecule has 0 saturated heterocycles. The molecular formula is C84H66F3N5. The van der Waals surface area contributed by atoms with Crippen molar-refractivity contribution in [2.75, 3.05) is 0 Å². The van der Waals surface area contributed by atoms with Crippen molar-refractivity contribution in [1.29, 1.82) is 0 Å². The van der Waals surface area contributed by atoms with Crippen LogP contribution in [0.1, 0.15) is 61.5 Å². The van der Waals surface area contributed by atoms with Crippen LogP contribution in [0.5, 0.6) is 0 Å².